The summed E-state index contributed by atoms with van der Waals surface area (Å²) in [6.07, 6.45) is 1.72. The summed E-state index contributed by atoms with van der Waals surface area (Å²) in [5.41, 5.74) is 3.60. The van der Waals surface area contributed by atoms with E-state index < -0.39 is 0 Å². The van der Waals surface area contributed by atoms with E-state index in [1.165, 1.54) is 0 Å². The number of nitrogens with one attached hydrogen (secondary N) is 1. The van der Waals surface area contributed by atoms with Crippen LogP contribution in [-0.4, -0.2) is 22.9 Å². The first-order chi connectivity index (χ1) is 12.3. The van der Waals surface area contributed by atoms with Gasteiger partial charge >= 0.3 is 0 Å². The minimum atomic E-state index is -0.0583. The van der Waals surface area contributed by atoms with Crippen molar-refractivity contribution < 1.29 is 9.53 Å². The van der Waals surface area contributed by atoms with Gasteiger partial charge in [0.15, 0.2) is 5.78 Å². The Morgan fingerprint density at radius 3 is 2.64 bits per heavy atom. The summed E-state index contributed by atoms with van der Waals surface area (Å²) >= 11 is 0. The number of benzene rings is 2. The first-order valence-electron chi connectivity index (χ1n) is 7.99. The highest BCUT2D eigenvalue weighted by Gasteiger charge is 2.21. The summed E-state index contributed by atoms with van der Waals surface area (Å²) in [5.74, 6) is 0.599. The molecular weight excluding hydrogens is 312 g/mol. The van der Waals surface area contributed by atoms with Gasteiger partial charge in [-0.1, -0.05) is 36.4 Å². The van der Waals surface area contributed by atoms with Gasteiger partial charge in [0.05, 0.1) is 24.1 Å². The molecule has 0 unspecified atom stereocenters. The molecule has 0 amide bonds. The number of hydrogen-bond acceptors (Lipinski definition) is 3. The Morgan fingerprint density at radius 1 is 1.00 bits per heavy atom. The van der Waals surface area contributed by atoms with Crippen molar-refractivity contribution in [3.8, 4) is 17.1 Å². The summed E-state index contributed by atoms with van der Waals surface area (Å²) in [6.45, 7) is 0. The van der Waals surface area contributed by atoms with E-state index in [1.54, 1.807) is 25.4 Å². The number of carbonyl (C=O) groups excluding carboxylic acids is 1. The standard InChI is InChI=1S/C21H16N2O2/c1-25-15-8-6-7-14(13-15)21(24)19-16-9-2-3-10-17(16)23-20(19)18-11-4-5-12-22-18/h2-13,23H,1H3. The fourth-order valence-electron chi connectivity index (χ4n) is 2.99. The van der Waals surface area contributed by atoms with Gasteiger partial charge in [0, 0.05) is 22.7 Å². The molecule has 0 aliphatic heterocycles. The first-order valence-corrected chi connectivity index (χ1v) is 7.99. The van der Waals surface area contributed by atoms with Gasteiger partial charge in [-0.3, -0.25) is 9.78 Å². The molecular formula is C21H16N2O2. The summed E-state index contributed by atoms with van der Waals surface area (Å²) < 4.78 is 5.25. The van der Waals surface area contributed by atoms with Gasteiger partial charge in [-0.05, 0) is 30.3 Å². The number of carbonyl (C=O) groups is 1. The molecule has 4 aromatic rings. The number of aromatic amines is 1. The van der Waals surface area contributed by atoms with Gasteiger partial charge in [0.25, 0.3) is 0 Å². The largest absolute Gasteiger partial charge is 0.497 e. The molecule has 2 aromatic heterocycles. The smallest absolute Gasteiger partial charge is 0.196 e. The van der Waals surface area contributed by atoms with Gasteiger partial charge in [-0.25, -0.2) is 0 Å². The summed E-state index contributed by atoms with van der Waals surface area (Å²) in [6, 6.07) is 20.7. The van der Waals surface area contributed by atoms with Crippen LogP contribution in [0.4, 0.5) is 0 Å². The maximum absolute atomic E-state index is 13.3. The third-order valence-corrected chi connectivity index (χ3v) is 4.19. The second-order valence-electron chi connectivity index (χ2n) is 5.70. The van der Waals surface area contributed by atoms with Crippen LogP contribution < -0.4 is 4.74 Å². The zero-order valence-electron chi connectivity index (χ0n) is 13.7. The normalized spacial score (nSPS) is 10.8. The number of ether oxygens (including phenoxy) is 1. The average Bonchev–Trinajstić information content (AvgIpc) is 3.07. The lowest BCUT2D eigenvalue weighted by atomic mass is 9.98. The fourth-order valence-corrected chi connectivity index (χ4v) is 2.99. The predicted octanol–water partition coefficient (Wildman–Crippen LogP) is 4.47. The summed E-state index contributed by atoms with van der Waals surface area (Å²) in [7, 11) is 1.59. The molecule has 25 heavy (non-hydrogen) atoms. The van der Waals surface area contributed by atoms with Crippen molar-refractivity contribution in [3.05, 3.63) is 84.1 Å². The van der Waals surface area contributed by atoms with Crippen molar-refractivity contribution in [1.29, 1.82) is 0 Å². The van der Waals surface area contributed by atoms with Crippen molar-refractivity contribution in [2.24, 2.45) is 0 Å². The van der Waals surface area contributed by atoms with Crippen LogP contribution in [0.25, 0.3) is 22.3 Å². The Labute approximate surface area is 145 Å². The zero-order valence-corrected chi connectivity index (χ0v) is 13.7. The molecule has 0 spiro atoms. The number of fused-ring (bicyclic) bond motifs is 1. The van der Waals surface area contributed by atoms with Crippen LogP contribution in [0.3, 0.4) is 0 Å². The summed E-state index contributed by atoms with van der Waals surface area (Å²) in [4.78, 5) is 21.0. The third-order valence-electron chi connectivity index (χ3n) is 4.19. The van der Waals surface area contributed by atoms with E-state index in [9.17, 15) is 4.79 Å². The van der Waals surface area contributed by atoms with Gasteiger partial charge in [0.1, 0.15) is 5.75 Å². The van der Waals surface area contributed by atoms with Gasteiger partial charge in [-0.15, -0.1) is 0 Å². The second kappa shape index (κ2) is 6.24. The molecule has 0 fully saturated rings. The third kappa shape index (κ3) is 2.68. The molecule has 4 nitrogen and oxygen atoms in total. The number of H-pyrrole nitrogens is 1. The van der Waals surface area contributed by atoms with E-state index in [2.05, 4.69) is 9.97 Å². The van der Waals surface area contributed by atoms with Crippen LogP contribution >= 0.6 is 0 Å². The molecule has 0 saturated heterocycles. The van der Waals surface area contributed by atoms with Crippen LogP contribution in [0, 0.1) is 0 Å². The van der Waals surface area contributed by atoms with Crippen molar-refractivity contribution >= 4 is 16.7 Å². The number of nitrogens with zero attached hydrogens (tertiary/aromatic N) is 1. The Bertz CT molecular complexity index is 1050. The Hall–Kier alpha value is -3.40. The lowest BCUT2D eigenvalue weighted by Crippen LogP contribution is -2.03. The molecule has 2 heterocycles. The highest BCUT2D eigenvalue weighted by Crippen LogP contribution is 2.31. The van der Waals surface area contributed by atoms with Crippen LogP contribution in [0.15, 0.2) is 72.9 Å². The zero-order chi connectivity index (χ0) is 17.2. The average molecular weight is 328 g/mol. The number of aromatic nitrogens is 2. The Kier molecular flexibility index (Phi) is 3.78. The number of methoxy groups -OCH3 is 1. The molecule has 0 aliphatic carbocycles. The number of rotatable bonds is 4. The lowest BCUT2D eigenvalue weighted by Gasteiger charge is -2.06. The molecule has 0 saturated carbocycles. The van der Waals surface area contributed by atoms with E-state index in [0.717, 1.165) is 22.3 Å². The van der Waals surface area contributed by atoms with E-state index in [4.69, 9.17) is 4.74 Å². The molecule has 4 heteroatoms. The minimum absolute atomic E-state index is 0.0583. The number of para-hydroxylation sites is 1. The van der Waals surface area contributed by atoms with E-state index >= 15 is 0 Å². The van der Waals surface area contributed by atoms with Crippen molar-refractivity contribution in [3.63, 3.8) is 0 Å². The maximum atomic E-state index is 13.3. The van der Waals surface area contributed by atoms with E-state index in [-0.39, 0.29) is 5.78 Å². The van der Waals surface area contributed by atoms with Crippen LogP contribution in [0.2, 0.25) is 0 Å². The van der Waals surface area contributed by atoms with E-state index in [1.807, 2.05) is 54.6 Å². The number of ketones is 1. The quantitative estimate of drug-likeness (QED) is 0.562. The van der Waals surface area contributed by atoms with Gasteiger partial charge in [0.2, 0.25) is 0 Å². The minimum Gasteiger partial charge on any atom is -0.497 e. The lowest BCUT2D eigenvalue weighted by molar-refractivity contribution is 0.104. The Balaban J connectivity index is 1.95. The molecule has 122 valence electrons. The second-order valence-corrected chi connectivity index (χ2v) is 5.70. The van der Waals surface area contributed by atoms with Gasteiger partial charge < -0.3 is 9.72 Å². The topological polar surface area (TPSA) is 55.0 Å². The SMILES string of the molecule is COc1cccc(C(=O)c2c(-c3ccccn3)[nH]c3ccccc23)c1. The Morgan fingerprint density at radius 2 is 1.84 bits per heavy atom. The van der Waals surface area contributed by atoms with Crippen LogP contribution in [0.1, 0.15) is 15.9 Å². The van der Waals surface area contributed by atoms with Crippen molar-refractivity contribution in [2.75, 3.05) is 7.11 Å². The summed E-state index contributed by atoms with van der Waals surface area (Å²) in [5, 5.41) is 0.885. The number of hydrogen-bond donors (Lipinski definition) is 1. The predicted molar refractivity (Wildman–Crippen MR) is 98.0 cm³/mol. The van der Waals surface area contributed by atoms with Crippen molar-refractivity contribution in [2.45, 2.75) is 0 Å². The maximum Gasteiger partial charge on any atom is 0.196 e. The number of pyridine rings is 1. The highest BCUT2D eigenvalue weighted by atomic mass is 16.5. The highest BCUT2D eigenvalue weighted by molar-refractivity contribution is 6.20. The van der Waals surface area contributed by atoms with E-state index in [0.29, 0.717) is 16.9 Å². The molecule has 0 bridgehead atoms. The molecule has 0 atom stereocenters. The molecule has 4 rings (SSSR count). The fraction of sp³-hybridized carbons (Fsp3) is 0.0476. The molecule has 2 aromatic carbocycles. The molecule has 0 radical (unpaired) electrons. The van der Waals surface area contributed by atoms with Crippen molar-refractivity contribution in [1.82, 2.24) is 9.97 Å². The first kappa shape index (κ1) is 15.1. The van der Waals surface area contributed by atoms with Gasteiger partial charge in [-0.2, -0.15) is 0 Å². The van der Waals surface area contributed by atoms with Crippen LogP contribution in [0.5, 0.6) is 5.75 Å². The monoisotopic (exact) mass is 328 g/mol. The molecule has 0 aliphatic rings. The molecule has 1 N–H and O–H groups in total. The van der Waals surface area contributed by atoms with Crippen LogP contribution in [-0.2, 0) is 0 Å².